The van der Waals surface area contributed by atoms with Crippen LogP contribution in [-0.2, 0) is 26.6 Å². The monoisotopic (exact) mass is 519 g/mol. The number of nitriles is 1. The zero-order chi connectivity index (χ0) is 26.2. The van der Waals surface area contributed by atoms with Crippen molar-refractivity contribution in [2.45, 2.75) is 24.6 Å². The zero-order valence-electron chi connectivity index (χ0n) is 17.7. The average Bonchev–Trinajstić information content (AvgIpc) is 2.77. The van der Waals surface area contributed by atoms with Crippen molar-refractivity contribution in [1.82, 2.24) is 10.6 Å². The maximum Gasteiger partial charge on any atom is 0.417 e. The summed E-state index contributed by atoms with van der Waals surface area (Å²) in [6.45, 7) is -3.81. The standard InChI is InChI=1S/C21H18F5N3O5S/c22-20(23)34-17-8-4-1-5-13(17)11-35(32,33)12-16(19(31)28-10-9-27)29-18(30)14-6-2-3-7-15(14)21(24,25)26/h1-8,16,20H,10-12H2,(H,28,31)(H,29,30)/t16-/m0/s1. The molecule has 0 unspecified atom stereocenters. The number of carbonyl (C=O) groups excluding carboxylic acids is 2. The van der Waals surface area contributed by atoms with Crippen LogP contribution in [0.15, 0.2) is 48.5 Å². The maximum absolute atomic E-state index is 13.3. The van der Waals surface area contributed by atoms with Crippen LogP contribution in [0.5, 0.6) is 5.75 Å². The fraction of sp³-hybridized carbons (Fsp3) is 0.286. The first kappa shape index (κ1) is 27.5. The van der Waals surface area contributed by atoms with Gasteiger partial charge in [0, 0.05) is 5.56 Å². The van der Waals surface area contributed by atoms with Crippen molar-refractivity contribution in [3.05, 3.63) is 65.2 Å². The number of amides is 2. The predicted molar refractivity (Wildman–Crippen MR) is 112 cm³/mol. The Bertz CT molecular complexity index is 1210. The summed E-state index contributed by atoms with van der Waals surface area (Å²) in [5.41, 5.74) is -2.33. The van der Waals surface area contributed by atoms with E-state index in [0.29, 0.717) is 6.07 Å². The minimum Gasteiger partial charge on any atom is -0.435 e. The van der Waals surface area contributed by atoms with Gasteiger partial charge in [0.05, 0.1) is 28.7 Å². The maximum atomic E-state index is 13.3. The smallest absolute Gasteiger partial charge is 0.417 e. The van der Waals surface area contributed by atoms with Gasteiger partial charge in [-0.2, -0.15) is 27.2 Å². The van der Waals surface area contributed by atoms with E-state index in [9.17, 15) is 40.0 Å². The summed E-state index contributed by atoms with van der Waals surface area (Å²) in [6, 6.07) is 8.31. The second-order valence-electron chi connectivity index (χ2n) is 6.99. The molecular formula is C21H18F5N3O5S. The minimum absolute atomic E-state index is 0.169. The normalized spacial score (nSPS) is 12.5. The molecule has 188 valence electrons. The Morgan fingerprint density at radius 2 is 1.69 bits per heavy atom. The number of para-hydroxylation sites is 1. The fourth-order valence-electron chi connectivity index (χ4n) is 2.98. The van der Waals surface area contributed by atoms with Crippen LogP contribution in [0, 0.1) is 11.3 Å². The third-order valence-corrected chi connectivity index (χ3v) is 6.02. The molecule has 2 aromatic carbocycles. The van der Waals surface area contributed by atoms with E-state index in [1.165, 1.54) is 18.2 Å². The van der Waals surface area contributed by atoms with Gasteiger partial charge in [-0.05, 0) is 18.2 Å². The number of hydrogen-bond donors (Lipinski definition) is 2. The van der Waals surface area contributed by atoms with Gasteiger partial charge in [-0.15, -0.1) is 0 Å². The lowest BCUT2D eigenvalue weighted by Gasteiger charge is -2.20. The van der Waals surface area contributed by atoms with Crippen LogP contribution in [0.1, 0.15) is 21.5 Å². The predicted octanol–water partition coefficient (Wildman–Crippen LogP) is 2.66. The third kappa shape index (κ3) is 8.21. The summed E-state index contributed by atoms with van der Waals surface area (Å²) in [4.78, 5) is 25.0. The quantitative estimate of drug-likeness (QED) is 0.367. The van der Waals surface area contributed by atoms with Gasteiger partial charge >= 0.3 is 12.8 Å². The Morgan fingerprint density at radius 3 is 2.31 bits per heavy atom. The number of sulfone groups is 1. The number of benzene rings is 2. The highest BCUT2D eigenvalue weighted by atomic mass is 32.2. The van der Waals surface area contributed by atoms with Gasteiger partial charge in [-0.25, -0.2) is 8.42 Å². The highest BCUT2D eigenvalue weighted by Gasteiger charge is 2.36. The number of halogens is 5. The van der Waals surface area contributed by atoms with Crippen molar-refractivity contribution >= 4 is 21.7 Å². The Balaban J connectivity index is 2.32. The van der Waals surface area contributed by atoms with Gasteiger partial charge in [-0.1, -0.05) is 30.3 Å². The van der Waals surface area contributed by atoms with Gasteiger partial charge in [-0.3, -0.25) is 9.59 Å². The molecule has 0 saturated heterocycles. The van der Waals surface area contributed by atoms with Crippen LogP contribution >= 0.6 is 0 Å². The van der Waals surface area contributed by atoms with Gasteiger partial charge in [0.2, 0.25) is 5.91 Å². The molecule has 8 nitrogen and oxygen atoms in total. The van der Waals surface area contributed by atoms with E-state index in [0.717, 1.165) is 24.3 Å². The number of ether oxygens (including phenoxy) is 1. The molecule has 0 aromatic heterocycles. The summed E-state index contributed by atoms with van der Waals surface area (Å²) in [5.74, 6) is -4.95. The zero-order valence-corrected chi connectivity index (χ0v) is 18.5. The molecule has 2 aromatic rings. The molecule has 0 fully saturated rings. The molecule has 0 spiro atoms. The van der Waals surface area contributed by atoms with Crippen LogP contribution in [0.2, 0.25) is 0 Å². The summed E-state index contributed by atoms with van der Waals surface area (Å²) in [5, 5.41) is 12.6. The minimum atomic E-state index is -4.91. The Hall–Kier alpha value is -3.73. The molecule has 2 rings (SSSR count). The van der Waals surface area contributed by atoms with E-state index in [4.69, 9.17) is 5.26 Å². The highest BCUT2D eigenvalue weighted by Crippen LogP contribution is 2.32. The molecule has 2 N–H and O–H groups in total. The second kappa shape index (κ2) is 11.6. The molecule has 0 aliphatic carbocycles. The lowest BCUT2D eigenvalue weighted by Crippen LogP contribution is -2.50. The van der Waals surface area contributed by atoms with Crippen LogP contribution < -0.4 is 15.4 Å². The van der Waals surface area contributed by atoms with Gasteiger partial charge < -0.3 is 15.4 Å². The van der Waals surface area contributed by atoms with E-state index in [-0.39, 0.29) is 5.56 Å². The molecule has 0 heterocycles. The van der Waals surface area contributed by atoms with Crippen molar-refractivity contribution in [3.63, 3.8) is 0 Å². The lowest BCUT2D eigenvalue weighted by atomic mass is 10.1. The first-order chi connectivity index (χ1) is 16.3. The fourth-order valence-corrected chi connectivity index (χ4v) is 4.55. The molecule has 1 atom stereocenters. The Labute approximate surface area is 196 Å². The van der Waals surface area contributed by atoms with Gasteiger partial charge in [0.1, 0.15) is 18.3 Å². The van der Waals surface area contributed by atoms with Crippen molar-refractivity contribution < 1.29 is 44.7 Å². The van der Waals surface area contributed by atoms with Crippen LogP contribution in [0.4, 0.5) is 22.0 Å². The molecular weight excluding hydrogens is 501 g/mol. The first-order valence-electron chi connectivity index (χ1n) is 9.69. The average molecular weight is 519 g/mol. The number of rotatable bonds is 10. The van der Waals surface area contributed by atoms with Crippen molar-refractivity contribution in [2.24, 2.45) is 0 Å². The highest BCUT2D eigenvalue weighted by molar-refractivity contribution is 7.90. The van der Waals surface area contributed by atoms with E-state index in [1.54, 1.807) is 6.07 Å². The van der Waals surface area contributed by atoms with Crippen molar-refractivity contribution in [2.75, 3.05) is 12.3 Å². The summed E-state index contributed by atoms with van der Waals surface area (Å²) in [6.07, 6.45) is -4.91. The van der Waals surface area contributed by atoms with Gasteiger partial charge in [0.15, 0.2) is 9.84 Å². The van der Waals surface area contributed by atoms with Crippen LogP contribution in [-0.4, -0.2) is 45.2 Å². The molecule has 0 saturated carbocycles. The van der Waals surface area contributed by atoms with Crippen LogP contribution in [0.3, 0.4) is 0 Å². The Morgan fingerprint density at radius 1 is 1.06 bits per heavy atom. The SMILES string of the molecule is N#CCNC(=O)[C@H](CS(=O)(=O)Cc1ccccc1OC(F)F)NC(=O)c1ccccc1C(F)(F)F. The molecule has 0 bridgehead atoms. The first-order valence-corrected chi connectivity index (χ1v) is 11.5. The van der Waals surface area contributed by atoms with E-state index in [1.807, 2.05) is 10.6 Å². The molecule has 0 aliphatic heterocycles. The third-order valence-electron chi connectivity index (χ3n) is 4.43. The largest absolute Gasteiger partial charge is 0.435 e. The Kier molecular flexibility index (Phi) is 9.12. The molecule has 2 amide bonds. The summed E-state index contributed by atoms with van der Waals surface area (Å²) in [7, 11) is -4.33. The summed E-state index contributed by atoms with van der Waals surface area (Å²) < 4.78 is 94.8. The summed E-state index contributed by atoms with van der Waals surface area (Å²) >= 11 is 0. The molecule has 0 radical (unpaired) electrons. The van der Waals surface area contributed by atoms with E-state index in [2.05, 4.69) is 4.74 Å². The number of nitrogens with one attached hydrogen (secondary N) is 2. The second-order valence-corrected chi connectivity index (χ2v) is 9.10. The number of hydrogen-bond acceptors (Lipinski definition) is 6. The molecule has 14 heteroatoms. The van der Waals surface area contributed by atoms with Crippen LogP contribution in [0.25, 0.3) is 0 Å². The van der Waals surface area contributed by atoms with Crippen molar-refractivity contribution in [3.8, 4) is 11.8 Å². The lowest BCUT2D eigenvalue weighted by molar-refractivity contribution is -0.137. The topological polar surface area (TPSA) is 125 Å². The number of carbonyl (C=O) groups is 2. The van der Waals surface area contributed by atoms with Crippen molar-refractivity contribution in [1.29, 1.82) is 5.26 Å². The van der Waals surface area contributed by atoms with E-state index >= 15 is 0 Å². The molecule has 35 heavy (non-hydrogen) atoms. The molecule has 0 aliphatic rings. The number of nitrogens with zero attached hydrogens (tertiary/aromatic N) is 1. The number of alkyl halides is 5. The van der Waals surface area contributed by atoms with E-state index < -0.39 is 75.4 Å². The van der Waals surface area contributed by atoms with Gasteiger partial charge in [0.25, 0.3) is 5.91 Å².